The second kappa shape index (κ2) is 10.8. The third kappa shape index (κ3) is 5.17. The molecule has 2 fully saturated rings. The van der Waals surface area contributed by atoms with Gasteiger partial charge in [0.15, 0.2) is 5.75 Å². The molecule has 2 saturated heterocycles. The molecule has 9 nitrogen and oxygen atoms in total. The van der Waals surface area contributed by atoms with Crippen molar-refractivity contribution < 1.29 is 23.4 Å². The van der Waals surface area contributed by atoms with Crippen molar-refractivity contribution in [2.75, 3.05) is 56.3 Å². The van der Waals surface area contributed by atoms with Crippen molar-refractivity contribution in [2.24, 2.45) is 0 Å². The summed E-state index contributed by atoms with van der Waals surface area (Å²) in [6, 6.07) is 10.5. The normalized spacial score (nSPS) is 17.4. The van der Waals surface area contributed by atoms with Gasteiger partial charge in [0.1, 0.15) is 18.2 Å². The molecule has 1 aromatic carbocycles. The molecular formula is C27H27ClFN5O4. The van der Waals surface area contributed by atoms with E-state index in [-0.39, 0.29) is 5.91 Å². The van der Waals surface area contributed by atoms with Gasteiger partial charge in [-0.1, -0.05) is 11.6 Å². The lowest BCUT2D eigenvalue weighted by atomic mass is 10.1. The molecule has 0 bridgehead atoms. The van der Waals surface area contributed by atoms with Crippen molar-refractivity contribution in [2.45, 2.75) is 18.5 Å². The number of hydrogen-bond donors (Lipinski definition) is 1. The van der Waals surface area contributed by atoms with Crippen LogP contribution in [0, 0.1) is 5.82 Å². The van der Waals surface area contributed by atoms with Gasteiger partial charge in [0.25, 0.3) is 0 Å². The van der Waals surface area contributed by atoms with Gasteiger partial charge in [0.05, 0.1) is 62.6 Å². The smallest absolute Gasteiger partial charge is 0.226 e. The Balaban J connectivity index is 1.17. The topological polar surface area (TPSA) is 89.1 Å². The monoisotopic (exact) mass is 539 g/mol. The lowest BCUT2D eigenvalue weighted by Crippen LogP contribution is -2.59. The van der Waals surface area contributed by atoms with Gasteiger partial charge >= 0.3 is 0 Å². The van der Waals surface area contributed by atoms with Crippen molar-refractivity contribution in [3.63, 3.8) is 0 Å². The van der Waals surface area contributed by atoms with Crippen molar-refractivity contribution in [3.8, 4) is 17.0 Å². The van der Waals surface area contributed by atoms with Crippen LogP contribution < -0.4 is 15.0 Å². The number of amides is 1. The molecule has 0 spiro atoms. The van der Waals surface area contributed by atoms with Gasteiger partial charge < -0.3 is 24.4 Å². The van der Waals surface area contributed by atoms with E-state index in [0.29, 0.717) is 92.5 Å². The summed E-state index contributed by atoms with van der Waals surface area (Å²) < 4.78 is 31.0. The second-order valence-corrected chi connectivity index (χ2v) is 9.92. The van der Waals surface area contributed by atoms with Crippen LogP contribution in [0.2, 0.25) is 5.02 Å². The predicted molar refractivity (Wildman–Crippen MR) is 141 cm³/mol. The molecule has 0 unspecified atom stereocenters. The van der Waals surface area contributed by atoms with E-state index in [4.69, 9.17) is 25.8 Å². The number of carbonyl (C=O) groups is 1. The number of nitrogens with one attached hydrogen (secondary N) is 1. The Morgan fingerprint density at radius 2 is 1.89 bits per heavy atom. The Kier molecular flexibility index (Phi) is 7.12. The summed E-state index contributed by atoms with van der Waals surface area (Å²) in [5, 5.41) is 3.35. The van der Waals surface area contributed by atoms with Gasteiger partial charge in [-0.25, -0.2) is 9.37 Å². The minimum absolute atomic E-state index is 0.106. The van der Waals surface area contributed by atoms with Crippen LogP contribution >= 0.6 is 11.6 Å². The summed E-state index contributed by atoms with van der Waals surface area (Å²) >= 11 is 6.10. The molecule has 1 amide bonds. The molecule has 3 aliphatic heterocycles. The molecular weight excluding hydrogens is 513 g/mol. The molecule has 198 valence electrons. The standard InChI is InChI=1S/C27H27ClFN5O4/c28-17-1-2-22(29)21(9-17)23-11-24-25(12-31-23)38-8-7-34(24)18-3-5-30-26(10-18)32-27(35)4-6-33(19-13-36-14-19)20-15-37-16-20/h1-3,5,9-12,19-20H,4,6-8,13-16H2,(H,30,32,35). The van der Waals surface area contributed by atoms with Crippen LogP contribution in [-0.2, 0) is 14.3 Å². The highest BCUT2D eigenvalue weighted by molar-refractivity contribution is 6.30. The molecule has 38 heavy (non-hydrogen) atoms. The fourth-order valence-corrected chi connectivity index (χ4v) is 4.99. The zero-order chi connectivity index (χ0) is 26.1. The number of hydrogen-bond acceptors (Lipinski definition) is 8. The van der Waals surface area contributed by atoms with E-state index in [2.05, 4.69) is 20.2 Å². The Bertz CT molecular complexity index is 1320. The van der Waals surface area contributed by atoms with Crippen LogP contribution in [0.3, 0.4) is 0 Å². The molecule has 0 atom stereocenters. The number of carbonyl (C=O) groups excluding carboxylic acids is 1. The average molecular weight is 540 g/mol. The lowest BCUT2D eigenvalue weighted by Gasteiger charge is -2.45. The van der Waals surface area contributed by atoms with Crippen LogP contribution in [-0.4, -0.2) is 79.0 Å². The summed E-state index contributed by atoms with van der Waals surface area (Å²) in [7, 11) is 0. The van der Waals surface area contributed by atoms with Crippen molar-refractivity contribution in [1.82, 2.24) is 14.9 Å². The molecule has 3 aliphatic rings. The first kappa shape index (κ1) is 25.0. The number of halogens is 2. The van der Waals surface area contributed by atoms with Gasteiger partial charge in [-0.3, -0.25) is 14.7 Å². The Labute approximate surface area is 224 Å². The fourth-order valence-electron chi connectivity index (χ4n) is 4.82. The first-order valence-corrected chi connectivity index (χ1v) is 13.0. The largest absolute Gasteiger partial charge is 0.488 e. The quantitative estimate of drug-likeness (QED) is 0.461. The van der Waals surface area contributed by atoms with Crippen molar-refractivity contribution in [1.29, 1.82) is 0 Å². The molecule has 0 radical (unpaired) electrons. The maximum atomic E-state index is 14.5. The summed E-state index contributed by atoms with van der Waals surface area (Å²) in [5.74, 6) is 0.531. The van der Waals surface area contributed by atoms with Gasteiger partial charge in [0, 0.05) is 41.5 Å². The fraction of sp³-hybridized carbons (Fsp3) is 0.370. The number of benzene rings is 1. The van der Waals surface area contributed by atoms with Crippen molar-refractivity contribution >= 4 is 34.7 Å². The molecule has 5 heterocycles. The summed E-state index contributed by atoms with van der Waals surface area (Å²) in [6.45, 7) is 4.45. The van der Waals surface area contributed by atoms with E-state index in [1.54, 1.807) is 24.5 Å². The number of anilines is 3. The minimum Gasteiger partial charge on any atom is -0.488 e. The Morgan fingerprint density at radius 1 is 1.11 bits per heavy atom. The maximum Gasteiger partial charge on any atom is 0.226 e. The predicted octanol–water partition coefficient (Wildman–Crippen LogP) is 3.89. The third-order valence-corrected chi connectivity index (χ3v) is 7.25. The summed E-state index contributed by atoms with van der Waals surface area (Å²) in [6.07, 6.45) is 3.59. The van der Waals surface area contributed by atoms with E-state index < -0.39 is 5.82 Å². The van der Waals surface area contributed by atoms with E-state index in [1.807, 2.05) is 17.0 Å². The highest BCUT2D eigenvalue weighted by atomic mass is 35.5. The number of fused-ring (bicyclic) bond motifs is 1. The van der Waals surface area contributed by atoms with E-state index >= 15 is 0 Å². The number of rotatable bonds is 8. The number of nitrogens with zero attached hydrogens (tertiary/aromatic N) is 4. The first-order chi connectivity index (χ1) is 18.5. The van der Waals surface area contributed by atoms with Crippen LogP contribution in [0.1, 0.15) is 6.42 Å². The molecule has 3 aromatic rings. The third-order valence-electron chi connectivity index (χ3n) is 7.01. The average Bonchev–Trinajstić information content (AvgIpc) is 2.86. The summed E-state index contributed by atoms with van der Waals surface area (Å²) in [4.78, 5) is 25.9. The van der Waals surface area contributed by atoms with Crippen LogP contribution in [0.15, 0.2) is 48.8 Å². The Hall–Kier alpha value is -3.31. The van der Waals surface area contributed by atoms with Gasteiger partial charge in [-0.15, -0.1) is 0 Å². The highest BCUT2D eigenvalue weighted by Gasteiger charge is 2.35. The van der Waals surface area contributed by atoms with E-state index in [1.165, 1.54) is 12.1 Å². The zero-order valence-corrected chi connectivity index (χ0v) is 21.4. The number of pyridine rings is 2. The lowest BCUT2D eigenvalue weighted by molar-refractivity contribution is -0.140. The SMILES string of the molecule is O=C(CCN(C1COC1)C1COC1)Nc1cc(N2CCOc3cnc(-c4cc(Cl)ccc4F)cc32)ccn1. The highest BCUT2D eigenvalue weighted by Crippen LogP contribution is 2.39. The van der Waals surface area contributed by atoms with Crippen LogP contribution in [0.5, 0.6) is 5.75 Å². The van der Waals surface area contributed by atoms with Crippen molar-refractivity contribution in [3.05, 3.63) is 59.6 Å². The molecule has 6 rings (SSSR count). The van der Waals surface area contributed by atoms with Crippen LogP contribution in [0.25, 0.3) is 11.3 Å². The van der Waals surface area contributed by atoms with Gasteiger partial charge in [0.2, 0.25) is 5.91 Å². The molecule has 0 aliphatic carbocycles. The maximum absolute atomic E-state index is 14.5. The first-order valence-electron chi connectivity index (χ1n) is 12.6. The van der Waals surface area contributed by atoms with E-state index in [0.717, 1.165) is 11.4 Å². The minimum atomic E-state index is -0.410. The van der Waals surface area contributed by atoms with E-state index in [9.17, 15) is 9.18 Å². The van der Waals surface area contributed by atoms with Gasteiger partial charge in [-0.05, 0) is 30.3 Å². The molecule has 2 aromatic heterocycles. The number of aromatic nitrogens is 2. The molecule has 11 heteroatoms. The molecule has 0 saturated carbocycles. The second-order valence-electron chi connectivity index (χ2n) is 9.48. The number of ether oxygens (including phenoxy) is 3. The zero-order valence-electron chi connectivity index (χ0n) is 20.6. The van der Waals surface area contributed by atoms with Gasteiger partial charge in [-0.2, -0.15) is 0 Å². The Morgan fingerprint density at radius 3 is 2.63 bits per heavy atom. The van der Waals surface area contributed by atoms with Crippen LogP contribution in [0.4, 0.5) is 21.6 Å². The molecule has 1 N–H and O–H groups in total. The summed E-state index contributed by atoms with van der Waals surface area (Å²) in [5.41, 5.74) is 2.32.